The van der Waals surface area contributed by atoms with Crippen LogP contribution < -0.4 is 10.5 Å². The molecule has 0 radical (unpaired) electrons. The van der Waals surface area contributed by atoms with Gasteiger partial charge in [0.05, 0.1) is 24.8 Å². The lowest BCUT2D eigenvalue weighted by atomic mass is 10.1. The summed E-state index contributed by atoms with van der Waals surface area (Å²) in [4.78, 5) is 0. The SMILES string of the molecule is COc1cc(Cl)c(F)cc1C(N)CO. The summed E-state index contributed by atoms with van der Waals surface area (Å²) in [6.07, 6.45) is 0. The first-order valence-electron chi connectivity index (χ1n) is 3.99. The molecule has 1 aromatic carbocycles. The van der Waals surface area contributed by atoms with Crippen molar-refractivity contribution >= 4 is 11.6 Å². The van der Waals surface area contributed by atoms with E-state index >= 15 is 0 Å². The number of aliphatic hydroxyl groups excluding tert-OH is 1. The fourth-order valence-electron chi connectivity index (χ4n) is 1.11. The van der Waals surface area contributed by atoms with E-state index in [-0.39, 0.29) is 11.6 Å². The highest BCUT2D eigenvalue weighted by atomic mass is 35.5. The highest BCUT2D eigenvalue weighted by Gasteiger charge is 2.14. The van der Waals surface area contributed by atoms with Gasteiger partial charge >= 0.3 is 0 Å². The molecule has 0 aliphatic heterocycles. The Bertz CT molecular complexity index is 333. The smallest absolute Gasteiger partial charge is 0.142 e. The quantitative estimate of drug-likeness (QED) is 0.810. The predicted octanol–water partition coefficient (Wildman–Crippen LogP) is 1.48. The Morgan fingerprint density at radius 2 is 2.29 bits per heavy atom. The van der Waals surface area contributed by atoms with Crippen molar-refractivity contribution in [3.05, 3.63) is 28.5 Å². The number of hydrogen-bond donors (Lipinski definition) is 2. The zero-order valence-electron chi connectivity index (χ0n) is 7.63. The van der Waals surface area contributed by atoms with Crippen LogP contribution in [0.4, 0.5) is 4.39 Å². The van der Waals surface area contributed by atoms with E-state index in [1.807, 2.05) is 0 Å². The Morgan fingerprint density at radius 3 is 2.79 bits per heavy atom. The molecule has 0 bridgehead atoms. The Hall–Kier alpha value is -0.840. The second-order valence-electron chi connectivity index (χ2n) is 2.80. The molecule has 3 nitrogen and oxygen atoms in total. The van der Waals surface area contributed by atoms with Crippen LogP contribution in [0.3, 0.4) is 0 Å². The molecule has 0 aliphatic carbocycles. The zero-order valence-corrected chi connectivity index (χ0v) is 8.38. The molecular formula is C9H11ClFNO2. The maximum absolute atomic E-state index is 13.1. The molecule has 0 aromatic heterocycles. The number of ether oxygens (including phenoxy) is 1. The highest BCUT2D eigenvalue weighted by molar-refractivity contribution is 6.30. The molecule has 0 fully saturated rings. The van der Waals surface area contributed by atoms with Gasteiger partial charge < -0.3 is 15.6 Å². The molecule has 0 saturated carbocycles. The van der Waals surface area contributed by atoms with E-state index in [9.17, 15) is 4.39 Å². The van der Waals surface area contributed by atoms with Gasteiger partial charge in [0.15, 0.2) is 0 Å². The molecule has 0 spiro atoms. The van der Waals surface area contributed by atoms with E-state index in [0.29, 0.717) is 11.3 Å². The zero-order chi connectivity index (χ0) is 10.7. The molecule has 78 valence electrons. The largest absolute Gasteiger partial charge is 0.496 e. The van der Waals surface area contributed by atoms with Crippen molar-refractivity contribution in [3.8, 4) is 5.75 Å². The third-order valence-corrected chi connectivity index (χ3v) is 2.16. The average Bonchev–Trinajstić information content (AvgIpc) is 2.20. The number of nitrogens with two attached hydrogens (primary N) is 1. The molecule has 1 rings (SSSR count). The second kappa shape index (κ2) is 4.59. The average molecular weight is 220 g/mol. The fourth-order valence-corrected chi connectivity index (χ4v) is 1.26. The summed E-state index contributed by atoms with van der Waals surface area (Å²) in [5.74, 6) is -0.204. The van der Waals surface area contributed by atoms with Crippen LogP contribution in [0, 0.1) is 5.82 Å². The molecule has 1 unspecified atom stereocenters. The van der Waals surface area contributed by atoms with Crippen molar-refractivity contribution in [2.75, 3.05) is 13.7 Å². The summed E-state index contributed by atoms with van der Waals surface area (Å²) in [5, 5.41) is 8.80. The normalized spacial score (nSPS) is 12.6. The summed E-state index contributed by atoms with van der Waals surface area (Å²) in [5.41, 5.74) is 5.95. The molecule has 1 atom stereocenters. The lowest BCUT2D eigenvalue weighted by molar-refractivity contribution is 0.264. The van der Waals surface area contributed by atoms with Gasteiger partial charge in [-0.25, -0.2) is 4.39 Å². The maximum Gasteiger partial charge on any atom is 0.142 e. The van der Waals surface area contributed by atoms with E-state index in [0.717, 1.165) is 0 Å². The maximum atomic E-state index is 13.1. The van der Waals surface area contributed by atoms with Crippen LogP contribution in [0.25, 0.3) is 0 Å². The van der Waals surface area contributed by atoms with Crippen LogP contribution in [0.15, 0.2) is 12.1 Å². The summed E-state index contributed by atoms with van der Waals surface area (Å²) in [7, 11) is 1.43. The predicted molar refractivity (Wildman–Crippen MR) is 52.0 cm³/mol. The molecule has 1 aromatic rings. The Balaban J connectivity index is 3.19. The first-order chi connectivity index (χ1) is 6.60. The van der Waals surface area contributed by atoms with Crippen molar-refractivity contribution in [3.63, 3.8) is 0 Å². The molecule has 0 saturated heterocycles. The van der Waals surface area contributed by atoms with Gasteiger partial charge in [0.1, 0.15) is 11.6 Å². The minimum absolute atomic E-state index is 0.0317. The minimum Gasteiger partial charge on any atom is -0.496 e. The molecule has 0 amide bonds. The van der Waals surface area contributed by atoms with Gasteiger partial charge in [0.25, 0.3) is 0 Å². The molecule has 5 heteroatoms. The van der Waals surface area contributed by atoms with Gasteiger partial charge in [-0.15, -0.1) is 0 Å². The minimum atomic E-state index is -0.670. The van der Waals surface area contributed by atoms with Crippen LogP contribution >= 0.6 is 11.6 Å². The second-order valence-corrected chi connectivity index (χ2v) is 3.20. The molecule has 0 heterocycles. The molecule has 14 heavy (non-hydrogen) atoms. The summed E-state index contributed by atoms with van der Waals surface area (Å²) in [6.45, 7) is -0.280. The fraction of sp³-hybridized carbons (Fsp3) is 0.333. The van der Waals surface area contributed by atoms with Gasteiger partial charge in [0, 0.05) is 11.6 Å². The number of rotatable bonds is 3. The van der Waals surface area contributed by atoms with Crippen molar-refractivity contribution in [1.82, 2.24) is 0 Å². The number of hydrogen-bond acceptors (Lipinski definition) is 3. The number of aliphatic hydroxyl groups is 1. The van der Waals surface area contributed by atoms with Gasteiger partial charge in [-0.3, -0.25) is 0 Å². The van der Waals surface area contributed by atoms with E-state index in [1.54, 1.807) is 0 Å². The monoisotopic (exact) mass is 219 g/mol. The van der Waals surface area contributed by atoms with Crippen molar-refractivity contribution < 1.29 is 14.2 Å². The topological polar surface area (TPSA) is 55.5 Å². The van der Waals surface area contributed by atoms with Crippen molar-refractivity contribution in [2.24, 2.45) is 5.73 Å². The Kier molecular flexibility index (Phi) is 3.69. The van der Waals surface area contributed by atoms with E-state index < -0.39 is 11.9 Å². The summed E-state index contributed by atoms with van der Waals surface area (Å²) >= 11 is 5.55. The van der Waals surface area contributed by atoms with Gasteiger partial charge in [-0.05, 0) is 6.07 Å². The third-order valence-electron chi connectivity index (χ3n) is 1.87. The number of methoxy groups -OCH3 is 1. The van der Waals surface area contributed by atoms with Crippen LogP contribution in [0.5, 0.6) is 5.75 Å². The van der Waals surface area contributed by atoms with Crippen molar-refractivity contribution in [2.45, 2.75) is 6.04 Å². The molecular weight excluding hydrogens is 209 g/mol. The van der Waals surface area contributed by atoms with Crippen LogP contribution in [0.2, 0.25) is 5.02 Å². The van der Waals surface area contributed by atoms with Crippen LogP contribution in [0.1, 0.15) is 11.6 Å². The third kappa shape index (κ3) is 2.15. The Labute approximate surface area is 86.2 Å². The lowest BCUT2D eigenvalue weighted by Crippen LogP contribution is -2.15. The van der Waals surface area contributed by atoms with E-state index in [4.69, 9.17) is 27.2 Å². The summed E-state index contributed by atoms with van der Waals surface area (Å²) < 4.78 is 18.0. The number of halogens is 2. The number of benzene rings is 1. The van der Waals surface area contributed by atoms with Crippen molar-refractivity contribution in [1.29, 1.82) is 0 Å². The standard InChI is InChI=1S/C9H11ClFNO2/c1-14-9-3-6(10)7(11)2-5(9)8(12)4-13/h2-3,8,13H,4,12H2,1H3. The van der Waals surface area contributed by atoms with Gasteiger partial charge in [-0.1, -0.05) is 11.6 Å². The van der Waals surface area contributed by atoms with Gasteiger partial charge in [-0.2, -0.15) is 0 Å². The molecule has 0 aliphatic rings. The molecule has 3 N–H and O–H groups in total. The highest BCUT2D eigenvalue weighted by Crippen LogP contribution is 2.29. The van der Waals surface area contributed by atoms with Gasteiger partial charge in [0.2, 0.25) is 0 Å². The van der Waals surface area contributed by atoms with E-state index in [1.165, 1.54) is 19.2 Å². The first-order valence-corrected chi connectivity index (χ1v) is 4.37. The van der Waals surface area contributed by atoms with Crippen LogP contribution in [-0.2, 0) is 0 Å². The lowest BCUT2D eigenvalue weighted by Gasteiger charge is -2.13. The Morgan fingerprint density at radius 1 is 1.64 bits per heavy atom. The first kappa shape index (κ1) is 11.2. The van der Waals surface area contributed by atoms with E-state index in [2.05, 4.69) is 0 Å². The van der Waals surface area contributed by atoms with Crippen LogP contribution in [-0.4, -0.2) is 18.8 Å². The summed E-state index contributed by atoms with van der Waals surface area (Å²) in [6, 6.07) is 1.83.